The lowest BCUT2D eigenvalue weighted by Gasteiger charge is -2.32. The second-order valence-electron chi connectivity index (χ2n) is 12.3. The molecule has 0 spiro atoms. The van der Waals surface area contributed by atoms with Crippen LogP contribution < -0.4 is 15.2 Å². The molecule has 2 atom stereocenters. The van der Waals surface area contributed by atoms with E-state index in [1.54, 1.807) is 14.2 Å². The van der Waals surface area contributed by atoms with Crippen LogP contribution in [0.2, 0.25) is 0 Å². The molecule has 47 heavy (non-hydrogen) atoms. The smallest absolute Gasteiger partial charge is 0.230 e. The van der Waals surface area contributed by atoms with Crippen LogP contribution >= 0.6 is 0 Å². The van der Waals surface area contributed by atoms with Crippen molar-refractivity contribution in [1.29, 1.82) is 0 Å². The third-order valence-corrected chi connectivity index (χ3v) is 10.7. The molecule has 4 aromatic rings. The highest BCUT2D eigenvalue weighted by Crippen LogP contribution is 2.39. The van der Waals surface area contributed by atoms with Gasteiger partial charge in [0.05, 0.1) is 19.5 Å². The monoisotopic (exact) mass is 652 g/mol. The minimum atomic E-state index is -1.36. The van der Waals surface area contributed by atoms with Gasteiger partial charge in [0, 0.05) is 28.8 Å². The number of hydrogen-bond donors (Lipinski definition) is 1. The highest BCUT2D eigenvalue weighted by Gasteiger charge is 2.34. The standard InChI is InChI=1S/C24H29NO3.C15H15NO2S/c1-27-22-14-19-13-20(24(26)21(19)15-23(22)28-2)12-17-8-10-25(11-9-17)16-18-6-4-3-5-7-18;16-14(17)11-19(18)15(12-7-3-1-4-8-12)13-9-5-2-6-10-13/h3-7,14-15,17,20H,8-13,16H2,1-2H3;1-10,15H,11H2,(H2,16,17). The lowest BCUT2D eigenvalue weighted by Crippen LogP contribution is -2.34. The van der Waals surface area contributed by atoms with Crippen molar-refractivity contribution in [2.75, 3.05) is 33.1 Å². The first-order chi connectivity index (χ1) is 22.9. The van der Waals surface area contributed by atoms with Gasteiger partial charge in [-0.2, -0.15) is 0 Å². The molecule has 1 aliphatic heterocycles. The summed E-state index contributed by atoms with van der Waals surface area (Å²) in [5, 5.41) is -0.324. The number of hydrogen-bond acceptors (Lipinski definition) is 6. The average Bonchev–Trinajstić information content (AvgIpc) is 3.39. The van der Waals surface area contributed by atoms with E-state index in [1.165, 1.54) is 18.4 Å². The molecular formula is C39H44N2O5S. The number of carbonyl (C=O) groups is 2. The third kappa shape index (κ3) is 8.96. The van der Waals surface area contributed by atoms with E-state index in [1.807, 2.05) is 72.8 Å². The fourth-order valence-corrected chi connectivity index (χ4v) is 8.06. The van der Waals surface area contributed by atoms with E-state index < -0.39 is 16.7 Å². The summed E-state index contributed by atoms with van der Waals surface area (Å²) in [4.78, 5) is 26.5. The summed E-state index contributed by atoms with van der Waals surface area (Å²) >= 11 is 0. The van der Waals surface area contributed by atoms with E-state index in [2.05, 4.69) is 35.2 Å². The number of Topliss-reactive ketones (excluding diaryl/α,β-unsaturated/α-hetero) is 1. The number of methoxy groups -OCH3 is 2. The summed E-state index contributed by atoms with van der Waals surface area (Å²) in [5.41, 5.74) is 10.3. The number of ketones is 1. The first-order valence-corrected chi connectivity index (χ1v) is 17.5. The molecule has 0 saturated carbocycles. The highest BCUT2D eigenvalue weighted by molar-refractivity contribution is 7.86. The predicted molar refractivity (Wildman–Crippen MR) is 187 cm³/mol. The second-order valence-corrected chi connectivity index (χ2v) is 13.8. The van der Waals surface area contributed by atoms with Crippen molar-refractivity contribution in [1.82, 2.24) is 4.90 Å². The molecule has 1 heterocycles. The van der Waals surface area contributed by atoms with Crippen LogP contribution in [-0.4, -0.2) is 53.9 Å². The van der Waals surface area contributed by atoms with Crippen molar-refractivity contribution >= 4 is 22.5 Å². The number of nitrogens with two attached hydrogens (primary N) is 1. The predicted octanol–water partition coefficient (Wildman–Crippen LogP) is 6.37. The Hall–Kier alpha value is -4.27. The molecule has 2 N–H and O–H groups in total. The SMILES string of the molecule is COc1cc2c(cc1OC)C(=O)C(CC1CCN(Cc3ccccc3)CC1)C2.NC(=O)CS(=O)C(c1ccccc1)c1ccccc1. The van der Waals surface area contributed by atoms with E-state index >= 15 is 0 Å². The van der Waals surface area contributed by atoms with Crippen molar-refractivity contribution in [3.8, 4) is 11.5 Å². The third-order valence-electron chi connectivity index (χ3n) is 9.04. The van der Waals surface area contributed by atoms with Crippen molar-refractivity contribution in [3.05, 3.63) is 131 Å². The maximum absolute atomic E-state index is 12.9. The van der Waals surface area contributed by atoms with Gasteiger partial charge in [-0.05, 0) is 79.1 Å². The van der Waals surface area contributed by atoms with Gasteiger partial charge in [0.25, 0.3) is 0 Å². The number of nitrogens with zero attached hydrogens (tertiary/aromatic N) is 1. The Kier molecular flexibility index (Phi) is 12.0. The Balaban J connectivity index is 0.000000199. The molecule has 1 aliphatic carbocycles. The van der Waals surface area contributed by atoms with E-state index in [0.29, 0.717) is 17.4 Å². The average molecular weight is 653 g/mol. The normalized spacial score (nSPS) is 17.0. The lowest BCUT2D eigenvalue weighted by molar-refractivity contribution is -0.115. The van der Waals surface area contributed by atoms with Crippen LogP contribution in [-0.2, 0) is 28.6 Å². The van der Waals surface area contributed by atoms with Crippen LogP contribution in [0.5, 0.6) is 11.5 Å². The minimum absolute atomic E-state index is 0.109. The van der Waals surface area contributed by atoms with Crippen LogP contribution in [0, 0.1) is 11.8 Å². The number of fused-ring (bicyclic) bond motifs is 1. The Labute approximate surface area is 280 Å². The molecular weight excluding hydrogens is 609 g/mol. The number of primary amides is 1. The van der Waals surface area contributed by atoms with Gasteiger partial charge in [0.1, 0.15) is 5.75 Å². The molecule has 246 valence electrons. The van der Waals surface area contributed by atoms with Crippen LogP contribution in [0.4, 0.5) is 0 Å². The zero-order valence-electron chi connectivity index (χ0n) is 27.2. The van der Waals surface area contributed by atoms with Crippen molar-refractivity contribution in [2.24, 2.45) is 17.6 Å². The molecule has 1 amide bonds. The molecule has 2 aliphatic rings. The van der Waals surface area contributed by atoms with Crippen LogP contribution in [0.15, 0.2) is 103 Å². The molecule has 0 bridgehead atoms. The maximum Gasteiger partial charge on any atom is 0.230 e. The van der Waals surface area contributed by atoms with E-state index in [4.69, 9.17) is 15.2 Å². The summed E-state index contributed by atoms with van der Waals surface area (Å²) in [6.07, 6.45) is 4.19. The fourth-order valence-electron chi connectivity index (χ4n) is 6.69. The second kappa shape index (κ2) is 16.5. The minimum Gasteiger partial charge on any atom is -0.493 e. The van der Waals surface area contributed by atoms with Gasteiger partial charge in [-0.1, -0.05) is 91.0 Å². The number of benzene rings is 4. The number of likely N-dealkylation sites (tertiary alicyclic amines) is 1. The van der Waals surface area contributed by atoms with Gasteiger partial charge in [0.2, 0.25) is 5.91 Å². The summed E-state index contributed by atoms with van der Waals surface area (Å²) < 4.78 is 23.1. The van der Waals surface area contributed by atoms with E-state index in [-0.39, 0.29) is 22.7 Å². The highest BCUT2D eigenvalue weighted by atomic mass is 32.2. The van der Waals surface area contributed by atoms with Crippen molar-refractivity contribution in [2.45, 2.75) is 37.5 Å². The fraction of sp³-hybridized carbons (Fsp3) is 0.333. The summed E-state index contributed by atoms with van der Waals surface area (Å²) in [6.45, 7) is 3.27. The molecule has 0 radical (unpaired) electrons. The van der Waals surface area contributed by atoms with E-state index in [0.717, 1.165) is 54.7 Å². The Morgan fingerprint density at radius 3 is 1.91 bits per heavy atom. The number of carbonyl (C=O) groups excluding carboxylic acids is 2. The Bertz CT molecular complexity index is 1600. The Morgan fingerprint density at radius 2 is 1.38 bits per heavy atom. The number of amides is 1. The van der Waals surface area contributed by atoms with Crippen molar-refractivity contribution in [3.63, 3.8) is 0 Å². The van der Waals surface area contributed by atoms with Gasteiger partial charge in [0.15, 0.2) is 17.3 Å². The molecule has 8 heteroatoms. The maximum atomic E-state index is 12.9. The van der Waals surface area contributed by atoms with Gasteiger partial charge in [-0.3, -0.25) is 18.7 Å². The molecule has 4 aromatic carbocycles. The summed E-state index contributed by atoms with van der Waals surface area (Å²) in [7, 11) is 1.89. The van der Waals surface area contributed by atoms with Crippen LogP contribution in [0.3, 0.4) is 0 Å². The first kappa shape index (κ1) is 34.1. The zero-order valence-corrected chi connectivity index (χ0v) is 28.0. The zero-order chi connectivity index (χ0) is 33.2. The Morgan fingerprint density at radius 1 is 0.851 bits per heavy atom. The van der Waals surface area contributed by atoms with E-state index in [9.17, 15) is 13.8 Å². The molecule has 6 rings (SSSR count). The lowest BCUT2D eigenvalue weighted by atomic mass is 9.85. The number of rotatable bonds is 11. The molecule has 1 fully saturated rings. The first-order valence-electron chi connectivity index (χ1n) is 16.2. The summed E-state index contributed by atoms with van der Waals surface area (Å²) in [6, 6.07) is 33.6. The molecule has 2 unspecified atom stereocenters. The van der Waals surface area contributed by atoms with Crippen molar-refractivity contribution < 1.29 is 23.3 Å². The largest absolute Gasteiger partial charge is 0.493 e. The molecule has 0 aromatic heterocycles. The topological polar surface area (TPSA) is 98.9 Å². The van der Waals surface area contributed by atoms with Crippen LogP contribution in [0.1, 0.15) is 57.1 Å². The summed E-state index contributed by atoms with van der Waals surface area (Å²) in [5.74, 6) is 1.71. The van der Waals surface area contributed by atoms with Gasteiger partial charge in [-0.25, -0.2) is 0 Å². The van der Waals surface area contributed by atoms with Gasteiger partial charge in [-0.15, -0.1) is 0 Å². The van der Waals surface area contributed by atoms with Gasteiger partial charge < -0.3 is 15.2 Å². The molecule has 7 nitrogen and oxygen atoms in total. The number of piperidine rings is 1. The quantitative estimate of drug-likeness (QED) is 0.202. The number of ether oxygens (including phenoxy) is 2. The van der Waals surface area contributed by atoms with Gasteiger partial charge >= 0.3 is 0 Å². The van der Waals surface area contributed by atoms with Crippen LogP contribution in [0.25, 0.3) is 0 Å². The molecule has 1 saturated heterocycles.